The van der Waals surface area contributed by atoms with Crippen molar-refractivity contribution in [3.63, 3.8) is 0 Å². The fraction of sp³-hybridized carbons (Fsp3) is 0.188. The van der Waals surface area contributed by atoms with Gasteiger partial charge in [-0.05, 0) is 13.0 Å². The average Bonchev–Trinajstić information content (AvgIpc) is 3.10. The second-order valence-corrected chi connectivity index (χ2v) is 6.29. The molecule has 1 unspecified atom stereocenters. The Balaban J connectivity index is 2.16. The number of esters is 1. The number of allylic oxidation sites excluding steroid dienone is 1. The van der Waals surface area contributed by atoms with Crippen LogP contribution in [0.5, 0.6) is 0 Å². The molecule has 0 saturated heterocycles. The van der Waals surface area contributed by atoms with E-state index in [1.807, 2.05) is 5.38 Å². The summed E-state index contributed by atoms with van der Waals surface area (Å²) in [5, 5.41) is 5.47. The van der Waals surface area contributed by atoms with Crippen LogP contribution in [0.15, 0.2) is 46.0 Å². The molecule has 124 valence electrons. The third-order valence-corrected chi connectivity index (χ3v) is 4.74. The molecule has 0 fully saturated rings. The third kappa shape index (κ3) is 2.92. The Bertz CT molecular complexity index is 849. The van der Waals surface area contributed by atoms with Crippen LogP contribution in [0, 0.1) is 5.82 Å². The maximum atomic E-state index is 13.9. The minimum atomic E-state index is -0.777. The molecular weight excluding hydrogens is 353 g/mol. The molecule has 0 radical (unpaired) electrons. The highest BCUT2D eigenvalue weighted by molar-refractivity contribution is 7.11. The number of carbonyl (C=O) groups excluding carboxylic acids is 1. The summed E-state index contributed by atoms with van der Waals surface area (Å²) in [5.41, 5.74) is 1.24. The van der Waals surface area contributed by atoms with E-state index in [4.69, 9.17) is 16.3 Å². The van der Waals surface area contributed by atoms with Gasteiger partial charge in [0.25, 0.3) is 0 Å². The van der Waals surface area contributed by atoms with Gasteiger partial charge in [0.2, 0.25) is 0 Å². The summed E-state index contributed by atoms with van der Waals surface area (Å²) >= 11 is 7.51. The summed E-state index contributed by atoms with van der Waals surface area (Å²) in [7, 11) is 1.28. The van der Waals surface area contributed by atoms with E-state index >= 15 is 0 Å². The molecule has 5 nitrogen and oxygen atoms in total. The standard InChI is InChI=1S/C16H13ClFN3O2S/c1-8-11(16(22)23-2)13(9-4-3-5-10(18)12(9)17)21-14(20-8)15-19-6-7-24-15/h3-7,13H,1-2H3,(H,20,21). The number of amidine groups is 1. The molecule has 1 aliphatic heterocycles. The first kappa shape index (κ1) is 16.6. The molecule has 8 heteroatoms. The summed E-state index contributed by atoms with van der Waals surface area (Å²) in [5.74, 6) is -0.617. The van der Waals surface area contributed by atoms with Gasteiger partial charge in [0, 0.05) is 22.8 Å². The number of benzene rings is 1. The lowest BCUT2D eigenvalue weighted by Gasteiger charge is -2.25. The first-order valence-electron chi connectivity index (χ1n) is 7.00. The van der Waals surface area contributed by atoms with E-state index in [9.17, 15) is 9.18 Å². The van der Waals surface area contributed by atoms with E-state index in [1.165, 1.54) is 30.6 Å². The van der Waals surface area contributed by atoms with Crippen molar-refractivity contribution in [1.29, 1.82) is 0 Å². The number of nitrogens with one attached hydrogen (secondary N) is 1. The molecule has 0 amide bonds. The van der Waals surface area contributed by atoms with Crippen molar-refractivity contribution in [3.8, 4) is 0 Å². The SMILES string of the molecule is COC(=O)C1=C(C)NC(c2nccs2)=NC1c1cccc(F)c1Cl. The number of carbonyl (C=O) groups is 1. The first-order chi connectivity index (χ1) is 11.5. The molecular formula is C16H13ClFN3O2S. The lowest BCUT2D eigenvalue weighted by molar-refractivity contribution is -0.136. The van der Waals surface area contributed by atoms with Crippen LogP contribution in [0.3, 0.4) is 0 Å². The van der Waals surface area contributed by atoms with Crippen molar-refractivity contribution >= 4 is 34.7 Å². The molecule has 3 rings (SSSR count). The summed E-state index contributed by atoms with van der Waals surface area (Å²) in [6.45, 7) is 1.73. The van der Waals surface area contributed by atoms with Gasteiger partial charge in [-0.1, -0.05) is 23.7 Å². The predicted octanol–water partition coefficient (Wildman–Crippen LogP) is 3.47. The number of halogens is 2. The van der Waals surface area contributed by atoms with Crippen molar-refractivity contribution in [2.45, 2.75) is 13.0 Å². The van der Waals surface area contributed by atoms with Crippen molar-refractivity contribution in [2.75, 3.05) is 7.11 Å². The van der Waals surface area contributed by atoms with E-state index in [2.05, 4.69) is 15.3 Å². The van der Waals surface area contributed by atoms with Gasteiger partial charge in [-0.2, -0.15) is 0 Å². The minimum absolute atomic E-state index is 0.0687. The number of aromatic nitrogens is 1. The van der Waals surface area contributed by atoms with Gasteiger partial charge in [-0.3, -0.25) is 4.99 Å². The molecule has 24 heavy (non-hydrogen) atoms. The highest BCUT2D eigenvalue weighted by Crippen LogP contribution is 2.36. The largest absolute Gasteiger partial charge is 0.466 e. The number of aliphatic imine (C=N–C) groups is 1. The Morgan fingerprint density at radius 1 is 1.46 bits per heavy atom. The quantitative estimate of drug-likeness (QED) is 0.846. The van der Waals surface area contributed by atoms with Gasteiger partial charge in [0.15, 0.2) is 10.8 Å². The molecule has 1 N–H and O–H groups in total. The molecule has 1 atom stereocenters. The Labute approximate surface area is 146 Å². The van der Waals surface area contributed by atoms with Crippen molar-refractivity contribution in [1.82, 2.24) is 10.3 Å². The zero-order valence-electron chi connectivity index (χ0n) is 12.8. The molecule has 2 aromatic rings. The number of rotatable bonds is 3. The van der Waals surface area contributed by atoms with Crippen LogP contribution in [0.4, 0.5) is 4.39 Å². The van der Waals surface area contributed by atoms with Crippen LogP contribution in [0.1, 0.15) is 23.5 Å². The fourth-order valence-electron chi connectivity index (χ4n) is 2.46. The van der Waals surface area contributed by atoms with Gasteiger partial charge in [0.1, 0.15) is 11.9 Å². The normalized spacial score (nSPS) is 17.3. The third-order valence-electron chi connectivity index (χ3n) is 3.56. The second kappa shape index (κ2) is 6.70. The summed E-state index contributed by atoms with van der Waals surface area (Å²) < 4.78 is 18.7. The second-order valence-electron chi connectivity index (χ2n) is 5.02. The van der Waals surface area contributed by atoms with E-state index in [-0.39, 0.29) is 10.6 Å². The number of ether oxygens (including phenoxy) is 1. The molecule has 0 aliphatic carbocycles. The van der Waals surface area contributed by atoms with Gasteiger partial charge < -0.3 is 10.1 Å². The monoisotopic (exact) mass is 365 g/mol. The lowest BCUT2D eigenvalue weighted by Crippen LogP contribution is -2.32. The van der Waals surface area contributed by atoms with Crippen LogP contribution < -0.4 is 5.32 Å². The van der Waals surface area contributed by atoms with Crippen molar-refractivity contribution < 1.29 is 13.9 Å². The highest BCUT2D eigenvalue weighted by atomic mass is 35.5. The predicted molar refractivity (Wildman–Crippen MR) is 90.7 cm³/mol. The van der Waals surface area contributed by atoms with Gasteiger partial charge >= 0.3 is 5.97 Å². The van der Waals surface area contributed by atoms with Crippen LogP contribution in [-0.2, 0) is 9.53 Å². The Hall–Kier alpha value is -2.25. The number of thiazole rings is 1. The highest BCUT2D eigenvalue weighted by Gasteiger charge is 2.32. The van der Waals surface area contributed by atoms with Gasteiger partial charge in [0.05, 0.1) is 17.7 Å². The molecule has 1 aromatic carbocycles. The molecule has 1 aromatic heterocycles. The average molecular weight is 366 g/mol. The molecule has 0 bridgehead atoms. The summed E-state index contributed by atoms with van der Waals surface area (Å²) in [6.07, 6.45) is 1.66. The fourth-order valence-corrected chi connectivity index (χ4v) is 3.27. The molecule has 2 heterocycles. The smallest absolute Gasteiger partial charge is 0.338 e. The molecule has 0 saturated carbocycles. The minimum Gasteiger partial charge on any atom is -0.466 e. The van der Waals surface area contributed by atoms with Gasteiger partial charge in [-0.15, -0.1) is 11.3 Å². The Morgan fingerprint density at radius 3 is 2.92 bits per heavy atom. The van der Waals surface area contributed by atoms with Crippen LogP contribution in [0.25, 0.3) is 0 Å². The number of hydrogen-bond acceptors (Lipinski definition) is 6. The molecule has 1 aliphatic rings. The maximum Gasteiger partial charge on any atom is 0.338 e. The van der Waals surface area contributed by atoms with Gasteiger partial charge in [-0.25, -0.2) is 14.2 Å². The van der Waals surface area contributed by atoms with Crippen LogP contribution >= 0.6 is 22.9 Å². The first-order valence-corrected chi connectivity index (χ1v) is 8.26. The topological polar surface area (TPSA) is 63.6 Å². The summed E-state index contributed by atoms with van der Waals surface area (Å²) in [4.78, 5) is 21.0. The van der Waals surface area contributed by atoms with Crippen LogP contribution in [0.2, 0.25) is 5.02 Å². The van der Waals surface area contributed by atoms with Crippen LogP contribution in [-0.4, -0.2) is 23.9 Å². The number of nitrogens with zero attached hydrogens (tertiary/aromatic N) is 2. The Kier molecular flexibility index (Phi) is 4.64. The van der Waals surface area contributed by atoms with E-state index in [1.54, 1.807) is 19.2 Å². The number of methoxy groups -OCH3 is 1. The van der Waals surface area contributed by atoms with Crippen molar-refractivity contribution in [2.24, 2.45) is 4.99 Å². The van der Waals surface area contributed by atoms with E-state index in [0.717, 1.165) is 0 Å². The Morgan fingerprint density at radius 2 is 2.25 bits per heavy atom. The van der Waals surface area contributed by atoms with E-state index < -0.39 is 17.8 Å². The summed E-state index contributed by atoms with van der Waals surface area (Å²) in [6, 6.07) is 3.65. The molecule has 0 spiro atoms. The van der Waals surface area contributed by atoms with E-state index in [0.29, 0.717) is 22.1 Å². The van der Waals surface area contributed by atoms with Crippen molar-refractivity contribution in [3.05, 3.63) is 62.5 Å². The maximum absolute atomic E-state index is 13.9. The zero-order chi connectivity index (χ0) is 17.3. The lowest BCUT2D eigenvalue weighted by atomic mass is 9.96. The zero-order valence-corrected chi connectivity index (χ0v) is 14.4. The number of hydrogen-bond donors (Lipinski definition) is 1.